The summed E-state index contributed by atoms with van der Waals surface area (Å²) >= 11 is 0. The van der Waals surface area contributed by atoms with E-state index in [9.17, 15) is 41.3 Å². The van der Waals surface area contributed by atoms with E-state index in [1.165, 1.54) is 10.6 Å². The highest BCUT2D eigenvalue weighted by molar-refractivity contribution is 7.88. The number of hydrogen-bond donors (Lipinski definition) is 0. The first-order valence-corrected chi connectivity index (χ1v) is 14.0. The van der Waals surface area contributed by atoms with Crippen molar-refractivity contribution in [3.05, 3.63) is 33.9 Å². The molecule has 0 radical (unpaired) electrons. The molecule has 0 aliphatic carbocycles. The molecule has 3 rings (SSSR count). The van der Waals surface area contributed by atoms with Crippen molar-refractivity contribution in [2.75, 3.05) is 43.9 Å². The molecule has 14 heteroatoms. The Bertz CT molecular complexity index is 1140. The van der Waals surface area contributed by atoms with Gasteiger partial charge in [-0.15, -0.1) is 0 Å². The van der Waals surface area contributed by atoms with Crippen LogP contribution in [0.25, 0.3) is 0 Å². The summed E-state index contributed by atoms with van der Waals surface area (Å²) in [5.74, 6) is -2.59. The summed E-state index contributed by atoms with van der Waals surface area (Å²) in [5, 5.41) is 11.0. The molecular formula is C23H31F3N4O6S. The van der Waals surface area contributed by atoms with Crippen LogP contribution in [0.3, 0.4) is 0 Å². The number of nitro benzene ring substituents is 1. The second kappa shape index (κ2) is 11.4. The highest BCUT2D eigenvalue weighted by atomic mass is 32.2. The molecule has 0 saturated carbocycles. The third-order valence-corrected chi connectivity index (χ3v) is 8.33. The number of halogens is 3. The molecule has 2 unspecified atom stereocenters. The first kappa shape index (κ1) is 29.0. The lowest BCUT2D eigenvalue weighted by Gasteiger charge is -2.33. The van der Waals surface area contributed by atoms with E-state index in [1.54, 1.807) is 6.92 Å². The van der Waals surface area contributed by atoms with Crippen molar-refractivity contribution in [2.24, 2.45) is 11.8 Å². The van der Waals surface area contributed by atoms with E-state index < -0.39 is 56.0 Å². The Labute approximate surface area is 213 Å². The minimum atomic E-state index is -5.02. The van der Waals surface area contributed by atoms with E-state index in [2.05, 4.69) is 4.90 Å². The summed E-state index contributed by atoms with van der Waals surface area (Å²) < 4.78 is 64.7. The molecule has 0 spiro atoms. The molecule has 0 N–H and O–H groups in total. The highest BCUT2D eigenvalue weighted by Crippen LogP contribution is 2.41. The summed E-state index contributed by atoms with van der Waals surface area (Å²) in [6.07, 6.45) is -0.138. The molecule has 10 nitrogen and oxygen atoms in total. The molecule has 2 aliphatic rings. The number of carbonyl (C=O) groups excluding carboxylic acids is 2. The first-order valence-electron chi connectivity index (χ1n) is 12.1. The lowest BCUT2D eigenvalue weighted by molar-refractivity contribution is -0.388. The minimum Gasteiger partial charge on any atom is -0.301 e. The van der Waals surface area contributed by atoms with Crippen LogP contribution in [-0.2, 0) is 25.8 Å². The highest BCUT2D eigenvalue weighted by Gasteiger charge is 2.46. The molecule has 0 bridgehead atoms. The number of unbranched alkanes of at least 4 members (excludes halogenated alkanes) is 3. The molecule has 0 aromatic heterocycles. The van der Waals surface area contributed by atoms with E-state index in [0.29, 0.717) is 56.1 Å². The van der Waals surface area contributed by atoms with Gasteiger partial charge in [0.1, 0.15) is 5.56 Å². The number of piperazine rings is 1. The van der Waals surface area contributed by atoms with Gasteiger partial charge in [-0.1, -0.05) is 26.2 Å². The third-order valence-electron chi connectivity index (χ3n) is 7.03. The maximum absolute atomic E-state index is 13.4. The molecule has 2 heterocycles. The zero-order valence-corrected chi connectivity index (χ0v) is 21.6. The number of hydrogen-bond acceptors (Lipinski definition) is 7. The van der Waals surface area contributed by atoms with Crippen LogP contribution in [-0.4, -0.2) is 73.3 Å². The van der Waals surface area contributed by atoms with Gasteiger partial charge in [0.05, 0.1) is 22.8 Å². The number of imide groups is 1. The molecule has 2 atom stereocenters. The Kier molecular flexibility index (Phi) is 8.96. The van der Waals surface area contributed by atoms with Crippen LogP contribution in [0.15, 0.2) is 18.2 Å². The van der Waals surface area contributed by atoms with Crippen LogP contribution in [0.4, 0.5) is 24.5 Å². The number of nitrogens with zero attached hydrogens (tertiary/aromatic N) is 4. The van der Waals surface area contributed by atoms with Gasteiger partial charge in [-0.3, -0.25) is 24.6 Å². The topological polar surface area (TPSA) is 121 Å². The lowest BCUT2D eigenvalue weighted by Crippen LogP contribution is -2.48. The maximum Gasteiger partial charge on any atom is 0.423 e. The number of nitro groups is 1. The van der Waals surface area contributed by atoms with Crippen molar-refractivity contribution in [3.63, 3.8) is 0 Å². The Balaban J connectivity index is 1.50. The van der Waals surface area contributed by atoms with Crippen LogP contribution >= 0.6 is 0 Å². The van der Waals surface area contributed by atoms with Gasteiger partial charge in [0.2, 0.25) is 21.8 Å². The van der Waals surface area contributed by atoms with Crippen molar-refractivity contribution in [1.29, 1.82) is 0 Å². The van der Waals surface area contributed by atoms with Gasteiger partial charge in [0, 0.05) is 38.2 Å². The van der Waals surface area contributed by atoms with E-state index >= 15 is 0 Å². The molecule has 206 valence electrons. The molecule has 1 aromatic rings. The van der Waals surface area contributed by atoms with Gasteiger partial charge in [0.15, 0.2) is 0 Å². The van der Waals surface area contributed by atoms with Gasteiger partial charge >= 0.3 is 6.18 Å². The van der Waals surface area contributed by atoms with Gasteiger partial charge in [-0.25, -0.2) is 8.42 Å². The van der Waals surface area contributed by atoms with E-state index in [-0.39, 0.29) is 5.69 Å². The Morgan fingerprint density at radius 2 is 1.65 bits per heavy atom. The standard InChI is InChI=1S/C23H31F3N4O6S/c1-16-18(7-5-3-4-6-10-27-11-13-28(14-12-27)37(2,35)36)22(32)29(21(16)31)17-8-9-20(30(33)34)19(15-17)23(24,25)26/h8-9,15-16,18H,3-7,10-14H2,1-2H3. The predicted octanol–water partition coefficient (Wildman–Crippen LogP) is 3.27. The number of carbonyl (C=O) groups is 2. The zero-order valence-electron chi connectivity index (χ0n) is 20.7. The molecule has 37 heavy (non-hydrogen) atoms. The predicted molar refractivity (Wildman–Crippen MR) is 129 cm³/mol. The van der Waals surface area contributed by atoms with Gasteiger partial charge < -0.3 is 4.90 Å². The maximum atomic E-state index is 13.4. The quantitative estimate of drug-likeness (QED) is 0.190. The van der Waals surface area contributed by atoms with Crippen molar-refractivity contribution < 1.29 is 36.1 Å². The summed E-state index contributed by atoms with van der Waals surface area (Å²) in [4.78, 5) is 38.5. The number of sulfonamides is 1. The fraction of sp³-hybridized carbons (Fsp3) is 0.652. The summed E-state index contributed by atoms with van der Waals surface area (Å²) in [6.45, 7) is 4.71. The Morgan fingerprint density at radius 3 is 2.22 bits per heavy atom. The van der Waals surface area contributed by atoms with Crippen molar-refractivity contribution in [1.82, 2.24) is 9.21 Å². The summed E-state index contributed by atoms with van der Waals surface area (Å²) in [7, 11) is -3.16. The smallest absolute Gasteiger partial charge is 0.301 e. The lowest BCUT2D eigenvalue weighted by atomic mass is 9.91. The monoisotopic (exact) mass is 548 g/mol. The molecule has 1 aromatic carbocycles. The van der Waals surface area contributed by atoms with Gasteiger partial charge in [0.25, 0.3) is 5.69 Å². The van der Waals surface area contributed by atoms with E-state index in [4.69, 9.17) is 0 Å². The second-order valence-electron chi connectivity index (χ2n) is 9.57. The van der Waals surface area contributed by atoms with Crippen molar-refractivity contribution in [2.45, 2.75) is 45.2 Å². The fourth-order valence-corrected chi connectivity index (χ4v) is 5.71. The number of rotatable bonds is 10. The normalized spacial score (nSPS) is 22.1. The van der Waals surface area contributed by atoms with Crippen LogP contribution in [0.5, 0.6) is 0 Å². The summed E-state index contributed by atoms with van der Waals surface area (Å²) in [6, 6.07) is 2.14. The largest absolute Gasteiger partial charge is 0.423 e. The van der Waals surface area contributed by atoms with Gasteiger partial charge in [-0.05, 0) is 31.5 Å². The van der Waals surface area contributed by atoms with Crippen molar-refractivity contribution >= 4 is 33.2 Å². The molecular weight excluding hydrogens is 517 g/mol. The average molecular weight is 549 g/mol. The molecule has 2 aliphatic heterocycles. The van der Waals surface area contributed by atoms with E-state index in [0.717, 1.165) is 31.9 Å². The molecule has 2 amide bonds. The van der Waals surface area contributed by atoms with Crippen LogP contribution in [0, 0.1) is 22.0 Å². The first-order chi connectivity index (χ1) is 17.2. The number of anilines is 1. The number of alkyl halides is 3. The fourth-order valence-electron chi connectivity index (χ4n) is 4.88. The Morgan fingerprint density at radius 1 is 1.03 bits per heavy atom. The van der Waals surface area contributed by atoms with Crippen LogP contribution in [0.1, 0.15) is 44.6 Å². The zero-order chi connectivity index (χ0) is 27.5. The molecule has 2 fully saturated rings. The summed E-state index contributed by atoms with van der Waals surface area (Å²) in [5.41, 5.74) is -2.97. The SMILES string of the molecule is CC1C(=O)N(c2ccc([N+](=O)[O-])c(C(F)(F)F)c2)C(=O)C1CCCCCCN1CCN(S(C)(=O)=O)CC1. The van der Waals surface area contributed by atoms with Crippen molar-refractivity contribution in [3.8, 4) is 0 Å². The molecule has 2 saturated heterocycles. The van der Waals surface area contributed by atoms with Crippen LogP contribution < -0.4 is 4.90 Å². The van der Waals surface area contributed by atoms with Gasteiger partial charge in [-0.2, -0.15) is 17.5 Å². The number of benzene rings is 1. The average Bonchev–Trinajstić information content (AvgIpc) is 3.02. The van der Waals surface area contributed by atoms with E-state index in [1.807, 2.05) is 0 Å². The van der Waals surface area contributed by atoms with Crippen LogP contribution in [0.2, 0.25) is 0 Å². The Hall–Kier alpha value is -2.58. The third kappa shape index (κ3) is 6.85. The number of amides is 2. The minimum absolute atomic E-state index is 0.321. The second-order valence-corrected chi connectivity index (χ2v) is 11.6.